The van der Waals surface area contributed by atoms with Crippen molar-refractivity contribution in [2.45, 2.75) is 6.54 Å². The minimum Gasteiger partial charge on any atom is -0.496 e. The summed E-state index contributed by atoms with van der Waals surface area (Å²) in [6.45, 7) is 0.418. The highest BCUT2D eigenvalue weighted by Crippen LogP contribution is 2.32. The molecule has 0 aromatic heterocycles. The van der Waals surface area contributed by atoms with Crippen molar-refractivity contribution >= 4 is 11.8 Å². The van der Waals surface area contributed by atoms with Crippen LogP contribution in [0.4, 0.5) is 0 Å². The number of carbonyl (C=O) groups excluding carboxylic acids is 2. The predicted octanol–water partition coefficient (Wildman–Crippen LogP) is 1.47. The standard InChI is InChI=1S/C18H18N2O5/c1-23-14-5-3-2-4-13(14)18(22)20-10-17(21)19-9-12-6-7-15-16(8-12)25-11-24-15/h2-8H,9-11H2,1H3,(H,19,21)(H,20,22). The Morgan fingerprint density at radius 1 is 1.08 bits per heavy atom. The Bertz CT molecular complexity index is 791. The van der Waals surface area contributed by atoms with Gasteiger partial charge in [-0.1, -0.05) is 18.2 Å². The van der Waals surface area contributed by atoms with Gasteiger partial charge in [-0.3, -0.25) is 9.59 Å². The SMILES string of the molecule is COc1ccccc1C(=O)NCC(=O)NCc1ccc2c(c1)OCO2. The number of nitrogens with one attached hydrogen (secondary N) is 2. The van der Waals surface area contributed by atoms with Crippen molar-refractivity contribution in [3.8, 4) is 17.2 Å². The zero-order chi connectivity index (χ0) is 17.6. The van der Waals surface area contributed by atoms with Crippen molar-refractivity contribution in [1.82, 2.24) is 10.6 Å². The summed E-state index contributed by atoms with van der Waals surface area (Å²) >= 11 is 0. The van der Waals surface area contributed by atoms with E-state index in [9.17, 15) is 9.59 Å². The Labute approximate surface area is 144 Å². The maximum absolute atomic E-state index is 12.1. The number of hydrogen-bond acceptors (Lipinski definition) is 5. The van der Waals surface area contributed by atoms with E-state index in [1.165, 1.54) is 7.11 Å². The monoisotopic (exact) mass is 342 g/mol. The third kappa shape index (κ3) is 4.00. The first-order valence-electron chi connectivity index (χ1n) is 7.74. The van der Waals surface area contributed by atoms with Gasteiger partial charge in [0.1, 0.15) is 5.75 Å². The van der Waals surface area contributed by atoms with Crippen LogP contribution in [0.15, 0.2) is 42.5 Å². The largest absolute Gasteiger partial charge is 0.496 e. The van der Waals surface area contributed by atoms with Crippen molar-refractivity contribution in [2.24, 2.45) is 0 Å². The summed E-state index contributed by atoms with van der Waals surface area (Å²) in [6, 6.07) is 12.3. The van der Waals surface area contributed by atoms with E-state index >= 15 is 0 Å². The zero-order valence-electron chi connectivity index (χ0n) is 13.7. The van der Waals surface area contributed by atoms with Gasteiger partial charge in [-0.25, -0.2) is 0 Å². The molecule has 2 aromatic carbocycles. The molecule has 1 heterocycles. The molecular formula is C18H18N2O5. The molecule has 130 valence electrons. The number of fused-ring (bicyclic) bond motifs is 1. The van der Waals surface area contributed by atoms with E-state index in [4.69, 9.17) is 14.2 Å². The topological polar surface area (TPSA) is 85.9 Å². The van der Waals surface area contributed by atoms with Crippen LogP contribution in [-0.2, 0) is 11.3 Å². The Hall–Kier alpha value is -3.22. The first-order valence-corrected chi connectivity index (χ1v) is 7.74. The van der Waals surface area contributed by atoms with Crippen LogP contribution in [0.25, 0.3) is 0 Å². The van der Waals surface area contributed by atoms with Crippen LogP contribution >= 0.6 is 0 Å². The summed E-state index contributed by atoms with van der Waals surface area (Å²) < 4.78 is 15.7. The summed E-state index contributed by atoms with van der Waals surface area (Å²) in [5, 5.41) is 5.32. The van der Waals surface area contributed by atoms with Gasteiger partial charge in [0.25, 0.3) is 5.91 Å². The van der Waals surface area contributed by atoms with Gasteiger partial charge in [-0.2, -0.15) is 0 Å². The molecule has 7 heteroatoms. The van der Waals surface area contributed by atoms with E-state index in [1.807, 2.05) is 12.1 Å². The average Bonchev–Trinajstić information content (AvgIpc) is 3.12. The molecule has 1 aliphatic heterocycles. The van der Waals surface area contributed by atoms with E-state index in [1.54, 1.807) is 30.3 Å². The third-order valence-corrected chi connectivity index (χ3v) is 3.69. The van der Waals surface area contributed by atoms with E-state index in [2.05, 4.69) is 10.6 Å². The maximum Gasteiger partial charge on any atom is 0.255 e. The van der Waals surface area contributed by atoms with Crippen LogP contribution in [0.2, 0.25) is 0 Å². The molecule has 1 aliphatic rings. The van der Waals surface area contributed by atoms with Crippen molar-refractivity contribution in [3.05, 3.63) is 53.6 Å². The second-order valence-corrected chi connectivity index (χ2v) is 5.35. The van der Waals surface area contributed by atoms with Crippen LogP contribution < -0.4 is 24.8 Å². The Balaban J connectivity index is 1.49. The summed E-state index contributed by atoms with van der Waals surface area (Å²) in [6.07, 6.45) is 0. The molecular weight excluding hydrogens is 324 g/mol. The zero-order valence-corrected chi connectivity index (χ0v) is 13.7. The normalized spacial score (nSPS) is 11.7. The molecule has 0 aliphatic carbocycles. The molecule has 7 nitrogen and oxygen atoms in total. The van der Waals surface area contributed by atoms with Crippen LogP contribution in [0.1, 0.15) is 15.9 Å². The number of para-hydroxylation sites is 1. The highest BCUT2D eigenvalue weighted by atomic mass is 16.7. The molecule has 0 fully saturated rings. The van der Waals surface area contributed by atoms with Gasteiger partial charge in [0.15, 0.2) is 11.5 Å². The molecule has 2 N–H and O–H groups in total. The molecule has 0 unspecified atom stereocenters. The highest BCUT2D eigenvalue weighted by molar-refractivity contribution is 5.98. The minimum atomic E-state index is -0.365. The van der Waals surface area contributed by atoms with Gasteiger partial charge >= 0.3 is 0 Å². The van der Waals surface area contributed by atoms with Gasteiger partial charge in [0, 0.05) is 6.54 Å². The molecule has 0 spiro atoms. The molecule has 25 heavy (non-hydrogen) atoms. The van der Waals surface area contributed by atoms with Gasteiger partial charge in [-0.05, 0) is 29.8 Å². The fourth-order valence-electron chi connectivity index (χ4n) is 2.40. The second-order valence-electron chi connectivity index (χ2n) is 5.35. The van der Waals surface area contributed by atoms with Crippen LogP contribution in [0.3, 0.4) is 0 Å². The summed E-state index contributed by atoms with van der Waals surface area (Å²) in [5.41, 5.74) is 1.27. The van der Waals surface area contributed by atoms with Gasteiger partial charge in [0.05, 0.1) is 19.2 Å². The Morgan fingerprint density at radius 2 is 1.88 bits per heavy atom. The lowest BCUT2D eigenvalue weighted by atomic mass is 10.2. The fraction of sp³-hybridized carbons (Fsp3) is 0.222. The summed E-state index contributed by atoms with van der Waals surface area (Å²) in [4.78, 5) is 24.1. The molecule has 2 amide bonds. The smallest absolute Gasteiger partial charge is 0.255 e. The number of benzene rings is 2. The van der Waals surface area contributed by atoms with E-state index in [0.29, 0.717) is 29.4 Å². The molecule has 0 saturated heterocycles. The third-order valence-electron chi connectivity index (χ3n) is 3.69. The first kappa shape index (κ1) is 16.6. The van der Waals surface area contributed by atoms with E-state index in [0.717, 1.165) is 5.56 Å². The number of rotatable bonds is 6. The van der Waals surface area contributed by atoms with Crippen LogP contribution in [0.5, 0.6) is 17.2 Å². The fourth-order valence-corrected chi connectivity index (χ4v) is 2.40. The molecule has 3 rings (SSSR count). The maximum atomic E-state index is 12.1. The quantitative estimate of drug-likeness (QED) is 0.830. The number of methoxy groups -OCH3 is 1. The van der Waals surface area contributed by atoms with Crippen LogP contribution in [0, 0.1) is 0 Å². The summed E-state index contributed by atoms with van der Waals surface area (Å²) in [7, 11) is 1.49. The lowest BCUT2D eigenvalue weighted by Gasteiger charge is -2.10. The number of carbonyl (C=O) groups is 2. The second kappa shape index (κ2) is 7.57. The minimum absolute atomic E-state index is 0.124. The first-order chi connectivity index (χ1) is 12.2. The molecule has 2 aromatic rings. The van der Waals surface area contributed by atoms with E-state index in [-0.39, 0.29) is 25.2 Å². The number of ether oxygens (including phenoxy) is 3. The molecule has 0 saturated carbocycles. The molecule has 0 radical (unpaired) electrons. The highest BCUT2D eigenvalue weighted by Gasteiger charge is 2.14. The van der Waals surface area contributed by atoms with Crippen molar-refractivity contribution in [1.29, 1.82) is 0 Å². The number of amides is 2. The predicted molar refractivity (Wildman–Crippen MR) is 89.7 cm³/mol. The molecule has 0 atom stereocenters. The van der Waals surface area contributed by atoms with Crippen molar-refractivity contribution < 1.29 is 23.8 Å². The Morgan fingerprint density at radius 3 is 2.72 bits per heavy atom. The van der Waals surface area contributed by atoms with Crippen LogP contribution in [-0.4, -0.2) is 32.3 Å². The van der Waals surface area contributed by atoms with E-state index < -0.39 is 0 Å². The lowest BCUT2D eigenvalue weighted by molar-refractivity contribution is -0.120. The molecule has 0 bridgehead atoms. The number of hydrogen-bond donors (Lipinski definition) is 2. The van der Waals surface area contributed by atoms with Gasteiger partial charge < -0.3 is 24.8 Å². The Kier molecular flexibility index (Phi) is 5.03. The van der Waals surface area contributed by atoms with Crippen molar-refractivity contribution in [3.63, 3.8) is 0 Å². The summed E-state index contributed by atoms with van der Waals surface area (Å²) in [5.74, 6) is 1.16. The lowest BCUT2D eigenvalue weighted by Crippen LogP contribution is -2.36. The van der Waals surface area contributed by atoms with Gasteiger partial charge in [-0.15, -0.1) is 0 Å². The van der Waals surface area contributed by atoms with Crippen molar-refractivity contribution in [2.75, 3.05) is 20.4 Å². The average molecular weight is 342 g/mol. The van der Waals surface area contributed by atoms with Gasteiger partial charge in [0.2, 0.25) is 12.7 Å².